The Morgan fingerprint density at radius 1 is 1.17 bits per heavy atom. The summed E-state index contributed by atoms with van der Waals surface area (Å²) in [6.07, 6.45) is 0. The second-order valence-electron chi connectivity index (χ2n) is 4.40. The van der Waals surface area contributed by atoms with E-state index in [0.29, 0.717) is 4.90 Å². The molecule has 2 aromatic carbocycles. The van der Waals surface area contributed by atoms with Crippen LogP contribution in [0.2, 0.25) is 0 Å². The molecule has 0 amide bonds. The van der Waals surface area contributed by atoms with E-state index in [2.05, 4.69) is 0 Å². The molecule has 0 aromatic heterocycles. The number of aryl methyl sites for hydroxylation is 1. The number of halogens is 1. The summed E-state index contributed by atoms with van der Waals surface area (Å²) < 4.78 is 13.9. The summed E-state index contributed by atoms with van der Waals surface area (Å²) in [5.41, 5.74) is 7.73. The topological polar surface area (TPSA) is 26.0 Å². The smallest absolute Gasteiger partial charge is 0.137 e. The first-order valence-electron chi connectivity index (χ1n) is 5.86. The van der Waals surface area contributed by atoms with E-state index in [1.54, 1.807) is 6.07 Å². The van der Waals surface area contributed by atoms with Crippen LogP contribution in [0.4, 0.5) is 4.39 Å². The molecule has 0 fully saturated rings. The van der Waals surface area contributed by atoms with E-state index in [9.17, 15) is 4.39 Å². The van der Waals surface area contributed by atoms with Crippen LogP contribution in [0, 0.1) is 12.7 Å². The number of benzene rings is 2. The minimum Gasteiger partial charge on any atom is -0.324 e. The van der Waals surface area contributed by atoms with Crippen LogP contribution in [0.1, 0.15) is 24.1 Å². The quantitative estimate of drug-likeness (QED) is 0.891. The molecule has 0 bridgehead atoms. The van der Waals surface area contributed by atoms with Gasteiger partial charge in [-0.1, -0.05) is 35.5 Å². The molecule has 2 N–H and O–H groups in total. The number of hydrogen-bond donors (Lipinski definition) is 1. The zero-order chi connectivity index (χ0) is 13.1. The van der Waals surface area contributed by atoms with Crippen molar-refractivity contribution in [2.75, 3.05) is 0 Å². The number of hydrogen-bond acceptors (Lipinski definition) is 2. The highest BCUT2D eigenvalue weighted by molar-refractivity contribution is 7.99. The van der Waals surface area contributed by atoms with Crippen LogP contribution >= 0.6 is 11.8 Å². The first kappa shape index (κ1) is 13.1. The van der Waals surface area contributed by atoms with Gasteiger partial charge in [0.15, 0.2) is 0 Å². The van der Waals surface area contributed by atoms with Crippen LogP contribution in [-0.2, 0) is 0 Å². The van der Waals surface area contributed by atoms with E-state index in [4.69, 9.17) is 5.73 Å². The van der Waals surface area contributed by atoms with Crippen molar-refractivity contribution in [3.63, 3.8) is 0 Å². The van der Waals surface area contributed by atoms with Crippen molar-refractivity contribution in [1.29, 1.82) is 0 Å². The molecule has 0 radical (unpaired) electrons. The second-order valence-corrected chi connectivity index (χ2v) is 5.51. The fourth-order valence-corrected chi connectivity index (χ4v) is 2.63. The Labute approximate surface area is 111 Å². The minimum atomic E-state index is -0.212. The van der Waals surface area contributed by atoms with Gasteiger partial charge in [-0.05, 0) is 43.7 Å². The molecule has 1 unspecified atom stereocenters. The third-order valence-corrected chi connectivity index (χ3v) is 3.74. The molecule has 0 aliphatic heterocycles. The Bertz CT molecular complexity index is 552. The monoisotopic (exact) mass is 261 g/mol. The van der Waals surface area contributed by atoms with E-state index in [1.165, 1.54) is 23.4 Å². The predicted molar refractivity (Wildman–Crippen MR) is 74.3 cm³/mol. The molecule has 0 aliphatic carbocycles. The fourth-order valence-electron chi connectivity index (χ4n) is 1.69. The lowest BCUT2D eigenvalue weighted by Gasteiger charge is -2.08. The molecule has 18 heavy (non-hydrogen) atoms. The Kier molecular flexibility index (Phi) is 4.04. The van der Waals surface area contributed by atoms with E-state index >= 15 is 0 Å². The van der Waals surface area contributed by atoms with Crippen molar-refractivity contribution in [2.24, 2.45) is 5.73 Å². The largest absolute Gasteiger partial charge is 0.324 e. The molecular weight excluding hydrogens is 245 g/mol. The van der Waals surface area contributed by atoms with Gasteiger partial charge in [0.1, 0.15) is 5.82 Å². The number of nitrogens with two attached hydrogens (primary N) is 1. The molecule has 3 heteroatoms. The minimum absolute atomic E-state index is 0.141. The van der Waals surface area contributed by atoms with Gasteiger partial charge in [-0.3, -0.25) is 0 Å². The molecule has 2 rings (SSSR count). The van der Waals surface area contributed by atoms with Crippen LogP contribution < -0.4 is 5.73 Å². The van der Waals surface area contributed by atoms with Gasteiger partial charge < -0.3 is 5.73 Å². The SMILES string of the molecule is Cc1cccc(Sc2ccc(C(C)N)cc2F)c1. The van der Waals surface area contributed by atoms with Gasteiger partial charge in [0.05, 0.1) is 0 Å². The lowest BCUT2D eigenvalue weighted by atomic mass is 10.1. The van der Waals surface area contributed by atoms with E-state index in [-0.39, 0.29) is 11.9 Å². The van der Waals surface area contributed by atoms with E-state index in [1.807, 2.05) is 44.2 Å². The molecular formula is C15H16FNS. The highest BCUT2D eigenvalue weighted by Gasteiger charge is 2.07. The van der Waals surface area contributed by atoms with Crippen LogP contribution in [0.15, 0.2) is 52.3 Å². The van der Waals surface area contributed by atoms with E-state index in [0.717, 1.165) is 10.5 Å². The van der Waals surface area contributed by atoms with Crippen LogP contribution in [0.25, 0.3) is 0 Å². The lowest BCUT2D eigenvalue weighted by Crippen LogP contribution is -2.05. The Morgan fingerprint density at radius 2 is 1.94 bits per heavy atom. The first-order chi connectivity index (χ1) is 8.56. The second kappa shape index (κ2) is 5.55. The fraction of sp³-hybridized carbons (Fsp3) is 0.200. The lowest BCUT2D eigenvalue weighted by molar-refractivity contribution is 0.596. The van der Waals surface area contributed by atoms with Gasteiger partial charge in [0.2, 0.25) is 0 Å². The average Bonchev–Trinajstić information content (AvgIpc) is 2.31. The van der Waals surface area contributed by atoms with Gasteiger partial charge in [0, 0.05) is 15.8 Å². The third-order valence-electron chi connectivity index (χ3n) is 2.70. The maximum atomic E-state index is 13.9. The summed E-state index contributed by atoms with van der Waals surface area (Å²) >= 11 is 1.43. The van der Waals surface area contributed by atoms with Gasteiger partial charge in [-0.25, -0.2) is 4.39 Å². The molecule has 1 atom stereocenters. The Balaban J connectivity index is 2.24. The maximum absolute atomic E-state index is 13.9. The third kappa shape index (κ3) is 3.12. The van der Waals surface area contributed by atoms with Crippen molar-refractivity contribution < 1.29 is 4.39 Å². The summed E-state index contributed by atoms with van der Waals surface area (Å²) in [7, 11) is 0. The normalized spacial score (nSPS) is 12.4. The number of rotatable bonds is 3. The van der Waals surface area contributed by atoms with Crippen LogP contribution in [0.5, 0.6) is 0 Å². The average molecular weight is 261 g/mol. The predicted octanol–water partition coefficient (Wildman–Crippen LogP) is 4.31. The molecule has 2 aromatic rings. The van der Waals surface area contributed by atoms with Gasteiger partial charge in [0.25, 0.3) is 0 Å². The first-order valence-corrected chi connectivity index (χ1v) is 6.67. The Morgan fingerprint density at radius 3 is 2.56 bits per heavy atom. The summed E-state index contributed by atoms with van der Waals surface area (Å²) in [6.45, 7) is 3.88. The highest BCUT2D eigenvalue weighted by atomic mass is 32.2. The van der Waals surface area contributed by atoms with Gasteiger partial charge in [-0.15, -0.1) is 0 Å². The molecule has 0 saturated heterocycles. The summed E-state index contributed by atoms with van der Waals surface area (Å²) in [4.78, 5) is 1.67. The maximum Gasteiger partial charge on any atom is 0.137 e. The van der Waals surface area contributed by atoms with Gasteiger partial charge >= 0.3 is 0 Å². The molecule has 1 nitrogen and oxygen atoms in total. The Hall–Kier alpha value is -1.32. The molecule has 0 aliphatic rings. The molecule has 0 spiro atoms. The zero-order valence-corrected chi connectivity index (χ0v) is 11.3. The highest BCUT2D eigenvalue weighted by Crippen LogP contribution is 2.31. The van der Waals surface area contributed by atoms with Crippen molar-refractivity contribution in [2.45, 2.75) is 29.7 Å². The van der Waals surface area contributed by atoms with Crippen LogP contribution in [0.3, 0.4) is 0 Å². The molecule has 94 valence electrons. The van der Waals surface area contributed by atoms with Crippen LogP contribution in [-0.4, -0.2) is 0 Å². The summed E-state index contributed by atoms with van der Waals surface area (Å²) in [6, 6.07) is 13.1. The van der Waals surface area contributed by atoms with E-state index < -0.39 is 0 Å². The van der Waals surface area contributed by atoms with Crippen molar-refractivity contribution in [1.82, 2.24) is 0 Å². The molecule has 0 heterocycles. The summed E-state index contributed by atoms with van der Waals surface area (Å²) in [5.74, 6) is -0.212. The van der Waals surface area contributed by atoms with Crippen molar-refractivity contribution in [3.05, 3.63) is 59.4 Å². The zero-order valence-electron chi connectivity index (χ0n) is 10.5. The standard InChI is InChI=1S/C15H16FNS/c1-10-4-3-5-13(8-10)18-15-7-6-12(11(2)17)9-14(15)16/h3-9,11H,17H2,1-2H3. The summed E-state index contributed by atoms with van der Waals surface area (Å²) in [5, 5.41) is 0. The molecule has 0 saturated carbocycles. The van der Waals surface area contributed by atoms with Crippen molar-refractivity contribution in [3.8, 4) is 0 Å². The van der Waals surface area contributed by atoms with Gasteiger partial charge in [-0.2, -0.15) is 0 Å². The van der Waals surface area contributed by atoms with Crippen molar-refractivity contribution >= 4 is 11.8 Å².